The number of ether oxygens (including phenoxy) is 1. The van der Waals surface area contributed by atoms with Gasteiger partial charge in [0, 0.05) is 13.6 Å². The number of aryl methyl sites for hydroxylation is 1. The van der Waals surface area contributed by atoms with E-state index in [2.05, 4.69) is 9.97 Å². The van der Waals surface area contributed by atoms with Crippen LogP contribution in [0.25, 0.3) is 0 Å². The number of anilines is 1. The Labute approximate surface area is 139 Å². The molecule has 0 spiro atoms. The normalized spacial score (nSPS) is 14.0. The summed E-state index contributed by atoms with van der Waals surface area (Å²) >= 11 is 6.17. The zero-order valence-corrected chi connectivity index (χ0v) is 14.0. The van der Waals surface area contributed by atoms with Gasteiger partial charge in [0.1, 0.15) is 28.1 Å². The monoisotopic (exact) mass is 332 g/mol. The van der Waals surface area contributed by atoms with Crippen molar-refractivity contribution in [2.75, 3.05) is 25.7 Å². The van der Waals surface area contributed by atoms with Gasteiger partial charge in [-0.25, -0.2) is 9.97 Å². The van der Waals surface area contributed by atoms with E-state index in [1.807, 2.05) is 29.2 Å². The van der Waals surface area contributed by atoms with E-state index >= 15 is 0 Å². The van der Waals surface area contributed by atoms with Gasteiger partial charge in [-0.2, -0.15) is 0 Å². The Bertz CT molecular complexity index is 748. The predicted octanol–water partition coefficient (Wildman–Crippen LogP) is 2.50. The van der Waals surface area contributed by atoms with Crippen molar-refractivity contribution in [3.05, 3.63) is 46.4 Å². The third-order valence-electron chi connectivity index (χ3n) is 3.73. The fourth-order valence-corrected chi connectivity index (χ4v) is 2.88. The van der Waals surface area contributed by atoms with Crippen LogP contribution < -0.4 is 9.64 Å². The van der Waals surface area contributed by atoms with Crippen molar-refractivity contribution in [3.8, 4) is 5.75 Å². The number of hydrogen-bond acceptors (Lipinski definition) is 5. The van der Waals surface area contributed by atoms with Gasteiger partial charge in [-0.05, 0) is 24.6 Å². The fraction of sp³-hybridized carbons (Fsp3) is 0.312. The molecule has 0 bridgehead atoms. The highest BCUT2D eigenvalue weighted by molar-refractivity contribution is 6.33. The molecule has 1 aromatic carbocycles. The zero-order valence-electron chi connectivity index (χ0n) is 13.2. The lowest BCUT2D eigenvalue weighted by molar-refractivity contribution is 0.0780. The maximum atomic E-state index is 12.3. The van der Waals surface area contributed by atoms with Crippen molar-refractivity contribution in [3.63, 3.8) is 0 Å². The highest BCUT2D eigenvalue weighted by atomic mass is 35.5. The second kappa shape index (κ2) is 6.04. The molecule has 6 nitrogen and oxygen atoms in total. The van der Waals surface area contributed by atoms with E-state index in [0.29, 0.717) is 30.4 Å². The van der Waals surface area contributed by atoms with E-state index in [4.69, 9.17) is 16.3 Å². The number of halogens is 1. The van der Waals surface area contributed by atoms with Gasteiger partial charge in [0.15, 0.2) is 0 Å². The minimum absolute atomic E-state index is 0.156. The van der Waals surface area contributed by atoms with Crippen LogP contribution in [0.4, 0.5) is 5.82 Å². The number of rotatable bonds is 3. The summed E-state index contributed by atoms with van der Waals surface area (Å²) in [6, 6.07) is 7.80. The summed E-state index contributed by atoms with van der Waals surface area (Å²) in [5.41, 5.74) is 1.45. The first-order valence-electron chi connectivity index (χ1n) is 7.17. The Kier molecular flexibility index (Phi) is 4.09. The molecule has 23 heavy (non-hydrogen) atoms. The minimum atomic E-state index is -0.156. The number of hydrogen-bond donors (Lipinski definition) is 0. The molecule has 1 aliphatic heterocycles. The molecule has 0 aliphatic carbocycles. The number of aromatic nitrogens is 2. The van der Waals surface area contributed by atoms with Crippen LogP contribution in [0.1, 0.15) is 21.7 Å². The van der Waals surface area contributed by atoms with Crippen molar-refractivity contribution in [1.82, 2.24) is 14.9 Å². The van der Waals surface area contributed by atoms with Crippen LogP contribution in [-0.4, -0.2) is 41.6 Å². The van der Waals surface area contributed by atoms with E-state index in [0.717, 1.165) is 11.3 Å². The van der Waals surface area contributed by atoms with Crippen LogP contribution in [0.5, 0.6) is 5.75 Å². The summed E-state index contributed by atoms with van der Waals surface area (Å²) in [5, 5.41) is 0.198. The Morgan fingerprint density at radius 2 is 1.96 bits per heavy atom. The molecule has 120 valence electrons. The summed E-state index contributed by atoms with van der Waals surface area (Å²) in [6.07, 6.45) is 0. The number of carbonyl (C=O) groups is 1. The van der Waals surface area contributed by atoms with Crippen LogP contribution in [-0.2, 0) is 6.54 Å². The van der Waals surface area contributed by atoms with Crippen molar-refractivity contribution >= 4 is 23.3 Å². The van der Waals surface area contributed by atoms with Crippen molar-refractivity contribution in [2.24, 2.45) is 0 Å². The molecule has 0 unspecified atom stereocenters. The highest BCUT2D eigenvalue weighted by Gasteiger charge is 2.31. The molecule has 0 saturated heterocycles. The van der Waals surface area contributed by atoms with Crippen LogP contribution in [0, 0.1) is 6.92 Å². The van der Waals surface area contributed by atoms with Crippen LogP contribution in [0.3, 0.4) is 0 Å². The summed E-state index contributed by atoms with van der Waals surface area (Å²) in [5.74, 6) is 1.78. The predicted molar refractivity (Wildman–Crippen MR) is 87.9 cm³/mol. The van der Waals surface area contributed by atoms with Crippen molar-refractivity contribution in [1.29, 1.82) is 0 Å². The maximum Gasteiger partial charge on any atom is 0.261 e. The second-order valence-corrected chi connectivity index (χ2v) is 5.81. The molecule has 0 fully saturated rings. The summed E-state index contributed by atoms with van der Waals surface area (Å²) in [6.45, 7) is 2.83. The fourth-order valence-electron chi connectivity index (χ4n) is 2.59. The molecule has 0 N–H and O–H groups in total. The first kappa shape index (κ1) is 15.6. The molecule has 1 amide bonds. The lowest BCUT2D eigenvalue weighted by Gasteiger charge is -2.35. The summed E-state index contributed by atoms with van der Waals surface area (Å²) in [4.78, 5) is 24.5. The van der Waals surface area contributed by atoms with Gasteiger partial charge in [-0.1, -0.05) is 23.7 Å². The molecular formula is C16H17ClN4O2. The van der Waals surface area contributed by atoms with Gasteiger partial charge < -0.3 is 14.5 Å². The van der Waals surface area contributed by atoms with Crippen LogP contribution in [0.15, 0.2) is 24.3 Å². The average Bonchev–Trinajstić information content (AvgIpc) is 2.52. The number of benzene rings is 1. The quantitative estimate of drug-likeness (QED) is 0.808. The first-order valence-corrected chi connectivity index (χ1v) is 7.55. The summed E-state index contributed by atoms with van der Waals surface area (Å²) in [7, 11) is 3.38. The largest absolute Gasteiger partial charge is 0.497 e. The smallest absolute Gasteiger partial charge is 0.261 e. The Balaban J connectivity index is 1.97. The van der Waals surface area contributed by atoms with Gasteiger partial charge in [-0.15, -0.1) is 0 Å². The molecule has 0 radical (unpaired) electrons. The molecule has 1 aromatic heterocycles. The third-order valence-corrected chi connectivity index (χ3v) is 4.01. The van der Waals surface area contributed by atoms with E-state index in [1.165, 1.54) is 0 Å². The number of amides is 1. The van der Waals surface area contributed by atoms with Crippen molar-refractivity contribution in [2.45, 2.75) is 13.5 Å². The lowest BCUT2D eigenvalue weighted by Crippen LogP contribution is -2.45. The first-order chi connectivity index (χ1) is 11.0. The molecular weight excluding hydrogens is 316 g/mol. The maximum absolute atomic E-state index is 12.3. The number of nitrogens with zero attached hydrogens (tertiary/aromatic N) is 4. The standard InChI is InChI=1S/C16H17ClN4O2/c1-10-18-14(17)13-15(19-10)21(9-20(2)16(13)22)8-11-4-6-12(23-3)7-5-11/h4-7H,8-9H2,1-3H3. The molecule has 3 rings (SSSR count). The van der Waals surface area contributed by atoms with Crippen LogP contribution in [0.2, 0.25) is 5.15 Å². The van der Waals surface area contributed by atoms with E-state index in [1.54, 1.807) is 26.0 Å². The van der Waals surface area contributed by atoms with E-state index in [9.17, 15) is 4.79 Å². The van der Waals surface area contributed by atoms with Gasteiger partial charge in [0.25, 0.3) is 5.91 Å². The van der Waals surface area contributed by atoms with Crippen molar-refractivity contribution < 1.29 is 9.53 Å². The number of carbonyl (C=O) groups excluding carboxylic acids is 1. The molecule has 1 aliphatic rings. The third kappa shape index (κ3) is 2.94. The van der Waals surface area contributed by atoms with Gasteiger partial charge in [0.2, 0.25) is 0 Å². The number of methoxy groups -OCH3 is 1. The molecule has 0 saturated carbocycles. The average molecular weight is 333 g/mol. The second-order valence-electron chi connectivity index (χ2n) is 5.45. The van der Waals surface area contributed by atoms with Gasteiger partial charge >= 0.3 is 0 Å². The van der Waals surface area contributed by atoms with E-state index < -0.39 is 0 Å². The molecule has 2 aromatic rings. The zero-order chi connectivity index (χ0) is 16.6. The molecule has 7 heteroatoms. The lowest BCUT2D eigenvalue weighted by atomic mass is 10.1. The SMILES string of the molecule is COc1ccc(CN2CN(C)C(=O)c3c(Cl)nc(C)nc32)cc1. The number of fused-ring (bicyclic) bond motifs is 1. The summed E-state index contributed by atoms with van der Waals surface area (Å²) < 4.78 is 5.17. The van der Waals surface area contributed by atoms with Gasteiger partial charge in [-0.3, -0.25) is 4.79 Å². The van der Waals surface area contributed by atoms with E-state index in [-0.39, 0.29) is 11.1 Å². The van der Waals surface area contributed by atoms with Gasteiger partial charge in [0.05, 0.1) is 13.8 Å². The Morgan fingerprint density at radius 1 is 1.26 bits per heavy atom. The Morgan fingerprint density at radius 3 is 2.61 bits per heavy atom. The highest BCUT2D eigenvalue weighted by Crippen LogP contribution is 2.30. The minimum Gasteiger partial charge on any atom is -0.497 e. The topological polar surface area (TPSA) is 58.6 Å². The Hall–Kier alpha value is -2.34. The molecule has 0 atom stereocenters. The van der Waals surface area contributed by atoms with Crippen LogP contribution >= 0.6 is 11.6 Å². The molecule has 2 heterocycles.